The maximum Gasteiger partial charge on any atom is 0.266 e. The van der Waals surface area contributed by atoms with E-state index in [1.165, 1.54) is 0 Å². The van der Waals surface area contributed by atoms with Crippen LogP contribution < -0.4 is 0 Å². The van der Waals surface area contributed by atoms with Crippen LogP contribution in [0.4, 0.5) is 17.6 Å². The van der Waals surface area contributed by atoms with Gasteiger partial charge in [0, 0.05) is 0 Å². The van der Waals surface area contributed by atoms with Crippen LogP contribution in [-0.4, -0.2) is 0 Å². The van der Waals surface area contributed by atoms with Gasteiger partial charge in [-0.05, 0) is 12.1 Å². The number of rotatable bonds is 1. The zero-order valence-corrected chi connectivity index (χ0v) is 6.38. The second-order valence-electron chi connectivity index (χ2n) is 2.07. The Hall–Kier alpha value is -0.770. The molecule has 0 N–H and O–H groups in total. The summed E-state index contributed by atoms with van der Waals surface area (Å²) in [6, 6.07) is 1.37. The molecule has 0 radical (unpaired) electrons. The summed E-state index contributed by atoms with van der Waals surface area (Å²) in [5.74, 6) is -2.44. The zero-order valence-electron chi connectivity index (χ0n) is 5.62. The standard InChI is InChI=1S/C7H3ClF4/c8-5-4(9)2-1-3(6(5)10)7(11)12/h1-2,7H. The van der Waals surface area contributed by atoms with Gasteiger partial charge in [-0.15, -0.1) is 0 Å². The van der Waals surface area contributed by atoms with Crippen molar-refractivity contribution < 1.29 is 17.6 Å². The van der Waals surface area contributed by atoms with E-state index in [9.17, 15) is 17.6 Å². The lowest BCUT2D eigenvalue weighted by Gasteiger charge is -2.02. The van der Waals surface area contributed by atoms with Crippen molar-refractivity contribution in [3.05, 3.63) is 34.4 Å². The van der Waals surface area contributed by atoms with Gasteiger partial charge in [0.2, 0.25) is 0 Å². The van der Waals surface area contributed by atoms with Gasteiger partial charge in [0.05, 0.1) is 5.56 Å². The maximum atomic E-state index is 12.7. The first-order chi connectivity index (χ1) is 5.54. The molecular formula is C7H3ClF4. The number of hydrogen-bond acceptors (Lipinski definition) is 0. The fourth-order valence-corrected chi connectivity index (χ4v) is 0.881. The Labute approximate surface area is 70.8 Å². The largest absolute Gasteiger partial charge is 0.266 e. The Morgan fingerprint density at radius 1 is 1.17 bits per heavy atom. The van der Waals surface area contributed by atoms with E-state index in [0.717, 1.165) is 0 Å². The molecule has 1 rings (SSSR count). The van der Waals surface area contributed by atoms with Gasteiger partial charge in [0.15, 0.2) is 5.82 Å². The second kappa shape index (κ2) is 3.31. The van der Waals surface area contributed by atoms with Crippen molar-refractivity contribution in [1.29, 1.82) is 0 Å². The smallest absolute Gasteiger partial charge is 0.205 e. The Morgan fingerprint density at radius 2 is 1.75 bits per heavy atom. The van der Waals surface area contributed by atoms with E-state index in [2.05, 4.69) is 0 Å². The molecule has 0 aliphatic rings. The molecule has 0 atom stereocenters. The molecule has 1 aromatic rings. The number of benzene rings is 1. The molecule has 0 unspecified atom stereocenters. The molecule has 0 spiro atoms. The molecule has 12 heavy (non-hydrogen) atoms. The lowest BCUT2D eigenvalue weighted by molar-refractivity contribution is 0.146. The van der Waals surface area contributed by atoms with Crippen LogP contribution in [0, 0.1) is 11.6 Å². The van der Waals surface area contributed by atoms with Crippen molar-refractivity contribution in [1.82, 2.24) is 0 Å². The maximum absolute atomic E-state index is 12.7. The predicted octanol–water partition coefficient (Wildman–Crippen LogP) is 3.56. The van der Waals surface area contributed by atoms with Crippen molar-refractivity contribution in [2.75, 3.05) is 0 Å². The molecule has 66 valence electrons. The summed E-state index contributed by atoms with van der Waals surface area (Å²) in [4.78, 5) is 0. The van der Waals surface area contributed by atoms with Crippen LogP contribution in [0.1, 0.15) is 12.0 Å². The summed E-state index contributed by atoms with van der Waals surface area (Å²) in [6.07, 6.45) is -2.98. The van der Waals surface area contributed by atoms with Crippen molar-refractivity contribution in [2.45, 2.75) is 6.43 Å². The summed E-state index contributed by atoms with van der Waals surface area (Å²) in [5, 5.41) is -0.896. The van der Waals surface area contributed by atoms with E-state index >= 15 is 0 Å². The molecule has 0 fully saturated rings. The molecular weight excluding hydrogens is 196 g/mol. The Morgan fingerprint density at radius 3 is 2.25 bits per heavy atom. The fraction of sp³-hybridized carbons (Fsp3) is 0.143. The highest BCUT2D eigenvalue weighted by Gasteiger charge is 2.17. The van der Waals surface area contributed by atoms with Crippen LogP contribution in [0.3, 0.4) is 0 Å². The van der Waals surface area contributed by atoms with Gasteiger partial charge in [-0.25, -0.2) is 17.6 Å². The molecule has 0 heterocycles. The van der Waals surface area contributed by atoms with Crippen molar-refractivity contribution in [3.63, 3.8) is 0 Å². The van der Waals surface area contributed by atoms with Gasteiger partial charge < -0.3 is 0 Å². The van der Waals surface area contributed by atoms with Crippen LogP contribution in [0.25, 0.3) is 0 Å². The monoisotopic (exact) mass is 198 g/mol. The first-order valence-corrected chi connectivity index (χ1v) is 3.33. The van der Waals surface area contributed by atoms with E-state index < -0.39 is 28.6 Å². The van der Waals surface area contributed by atoms with E-state index in [0.29, 0.717) is 12.1 Å². The minimum atomic E-state index is -2.98. The van der Waals surface area contributed by atoms with Crippen LogP contribution in [0.15, 0.2) is 12.1 Å². The van der Waals surface area contributed by atoms with Gasteiger partial charge in [0.1, 0.15) is 10.8 Å². The second-order valence-corrected chi connectivity index (χ2v) is 2.44. The molecule has 0 saturated heterocycles. The number of halogens is 5. The fourth-order valence-electron chi connectivity index (χ4n) is 0.709. The number of alkyl halides is 2. The van der Waals surface area contributed by atoms with Crippen LogP contribution in [-0.2, 0) is 0 Å². The Bertz CT molecular complexity index is 298. The summed E-state index contributed by atoms with van der Waals surface area (Å²) >= 11 is 5.04. The molecule has 0 aromatic heterocycles. The van der Waals surface area contributed by atoms with Gasteiger partial charge in [-0.1, -0.05) is 11.6 Å². The lowest BCUT2D eigenvalue weighted by Crippen LogP contribution is -1.93. The van der Waals surface area contributed by atoms with E-state index in [1.54, 1.807) is 0 Å². The van der Waals surface area contributed by atoms with Crippen molar-refractivity contribution in [3.8, 4) is 0 Å². The first kappa shape index (κ1) is 9.32. The van der Waals surface area contributed by atoms with Gasteiger partial charge in [-0.2, -0.15) is 0 Å². The molecule has 0 amide bonds. The van der Waals surface area contributed by atoms with Gasteiger partial charge >= 0.3 is 0 Å². The normalized spacial score (nSPS) is 10.8. The average Bonchev–Trinajstić information content (AvgIpc) is 2.00. The number of hydrogen-bond donors (Lipinski definition) is 0. The minimum absolute atomic E-state index is 0.668. The average molecular weight is 199 g/mol. The summed E-state index contributed by atoms with van der Waals surface area (Å²) in [6.45, 7) is 0. The zero-order chi connectivity index (χ0) is 9.30. The third-order valence-electron chi connectivity index (χ3n) is 1.30. The SMILES string of the molecule is Fc1ccc(C(F)F)c(F)c1Cl. The molecule has 0 bridgehead atoms. The molecule has 0 aliphatic carbocycles. The topological polar surface area (TPSA) is 0 Å². The third kappa shape index (κ3) is 1.53. The molecule has 0 aliphatic heterocycles. The lowest BCUT2D eigenvalue weighted by atomic mass is 10.2. The van der Waals surface area contributed by atoms with Crippen LogP contribution >= 0.6 is 11.6 Å². The molecule has 0 saturated carbocycles. The highest BCUT2D eigenvalue weighted by molar-refractivity contribution is 6.30. The molecule has 0 nitrogen and oxygen atoms in total. The quantitative estimate of drug-likeness (QED) is 0.478. The van der Waals surface area contributed by atoms with Gasteiger partial charge in [0.25, 0.3) is 6.43 Å². The van der Waals surface area contributed by atoms with E-state index in [-0.39, 0.29) is 0 Å². The first-order valence-electron chi connectivity index (χ1n) is 2.95. The van der Waals surface area contributed by atoms with E-state index in [1.807, 2.05) is 0 Å². The van der Waals surface area contributed by atoms with E-state index in [4.69, 9.17) is 11.6 Å². The molecule has 5 heteroatoms. The Kier molecular flexibility index (Phi) is 2.57. The van der Waals surface area contributed by atoms with Gasteiger partial charge in [-0.3, -0.25) is 0 Å². The summed E-state index contributed by atoms with van der Waals surface area (Å²) in [5.41, 5.74) is -0.888. The van der Waals surface area contributed by atoms with Crippen molar-refractivity contribution >= 4 is 11.6 Å². The predicted molar refractivity (Wildman–Crippen MR) is 36.3 cm³/mol. The highest BCUT2D eigenvalue weighted by atomic mass is 35.5. The van der Waals surface area contributed by atoms with Crippen molar-refractivity contribution in [2.24, 2.45) is 0 Å². The summed E-state index contributed by atoms with van der Waals surface area (Å²) < 4.78 is 48.9. The Balaban J connectivity index is 3.27. The summed E-state index contributed by atoms with van der Waals surface area (Å²) in [7, 11) is 0. The van der Waals surface area contributed by atoms with Crippen LogP contribution in [0.5, 0.6) is 0 Å². The highest BCUT2D eigenvalue weighted by Crippen LogP contribution is 2.28. The molecule has 1 aromatic carbocycles. The third-order valence-corrected chi connectivity index (χ3v) is 1.65. The minimum Gasteiger partial charge on any atom is -0.205 e. The van der Waals surface area contributed by atoms with Crippen LogP contribution in [0.2, 0.25) is 5.02 Å².